The highest BCUT2D eigenvalue weighted by Crippen LogP contribution is 2.40. The number of fused-ring (bicyclic) bond motifs is 1. The molecule has 3 rings (SSSR count). The molecule has 0 spiro atoms. The van der Waals surface area contributed by atoms with Gasteiger partial charge in [-0.25, -0.2) is 19.2 Å². The van der Waals surface area contributed by atoms with Gasteiger partial charge in [-0.2, -0.15) is 0 Å². The number of aliphatic hydroxyl groups excluding tert-OH is 1. The smallest absolute Gasteiger partial charge is 0.317 e. The van der Waals surface area contributed by atoms with Crippen LogP contribution in [0.5, 0.6) is 0 Å². The van der Waals surface area contributed by atoms with E-state index in [0.29, 0.717) is 22.8 Å². The van der Waals surface area contributed by atoms with Crippen LogP contribution in [0.1, 0.15) is 63.6 Å². The number of aromatic nitrogens is 2. The summed E-state index contributed by atoms with van der Waals surface area (Å²) in [4.78, 5) is 23.4. The van der Waals surface area contributed by atoms with Crippen molar-refractivity contribution in [2.75, 3.05) is 18.4 Å². The number of halogens is 2. The van der Waals surface area contributed by atoms with Gasteiger partial charge in [-0.1, -0.05) is 38.4 Å². The normalized spacial score (nSPS) is 17.1. The molecule has 0 aliphatic carbocycles. The van der Waals surface area contributed by atoms with Crippen molar-refractivity contribution in [3.05, 3.63) is 52.1 Å². The number of hydrogen-bond acceptors (Lipinski definition) is 6. The lowest BCUT2D eigenvalue weighted by Gasteiger charge is -2.39. The van der Waals surface area contributed by atoms with Crippen molar-refractivity contribution in [1.82, 2.24) is 20.2 Å². The Labute approximate surface area is 218 Å². The molecule has 8 nitrogen and oxygen atoms in total. The summed E-state index contributed by atoms with van der Waals surface area (Å²) in [5.74, 6) is -0.0564. The largest absolute Gasteiger partial charge is 0.408 e. The highest BCUT2D eigenvalue weighted by Gasteiger charge is 2.40. The van der Waals surface area contributed by atoms with E-state index in [1.807, 2.05) is 13.8 Å². The van der Waals surface area contributed by atoms with Gasteiger partial charge in [0.05, 0.1) is 36.0 Å². The summed E-state index contributed by atoms with van der Waals surface area (Å²) in [6.07, 6.45) is 0.204. The highest BCUT2D eigenvalue weighted by atomic mass is 35.5. The second kappa shape index (κ2) is 11.0. The zero-order chi connectivity index (χ0) is 26.8. The van der Waals surface area contributed by atoms with Gasteiger partial charge in [-0.3, -0.25) is 0 Å². The fourth-order valence-corrected chi connectivity index (χ4v) is 5.10. The van der Waals surface area contributed by atoms with Crippen LogP contribution < -0.4 is 10.6 Å². The molecule has 1 aromatic heterocycles. The number of carbonyl (C=O) groups is 1. The van der Waals surface area contributed by atoms with E-state index in [1.165, 1.54) is 11.0 Å². The van der Waals surface area contributed by atoms with Crippen LogP contribution in [0.4, 0.5) is 15.1 Å². The molecule has 2 amide bonds. The summed E-state index contributed by atoms with van der Waals surface area (Å²) in [5.41, 5.74) is 1.91. The van der Waals surface area contributed by atoms with E-state index in [2.05, 4.69) is 54.5 Å². The first-order chi connectivity index (χ1) is 16.7. The molecule has 0 bridgehead atoms. The molecular weight excluding hydrogens is 501 g/mol. The zero-order valence-electron chi connectivity index (χ0n) is 22.0. The number of anilines is 1. The van der Waals surface area contributed by atoms with Crippen LogP contribution in [-0.4, -0.2) is 53.5 Å². The third kappa shape index (κ3) is 6.73. The van der Waals surface area contributed by atoms with Crippen LogP contribution in [0.25, 0.3) is 0 Å². The Bertz CT molecular complexity index is 1100. The minimum Gasteiger partial charge on any atom is -0.408 e. The Kier molecular flexibility index (Phi) is 8.65. The molecule has 0 saturated carbocycles. The maximum atomic E-state index is 13.8. The van der Waals surface area contributed by atoms with Gasteiger partial charge >= 0.3 is 6.03 Å². The second-order valence-corrected chi connectivity index (χ2v) is 16.2. The summed E-state index contributed by atoms with van der Waals surface area (Å²) in [7, 11) is -2.24. The first kappa shape index (κ1) is 28.3. The van der Waals surface area contributed by atoms with Crippen molar-refractivity contribution in [3.8, 4) is 0 Å². The molecule has 1 aliphatic rings. The first-order valence-corrected chi connectivity index (χ1v) is 15.4. The number of amides is 2. The van der Waals surface area contributed by atoms with Crippen molar-refractivity contribution in [2.45, 2.75) is 77.5 Å². The third-order valence-corrected chi connectivity index (χ3v) is 11.5. The predicted octanol–water partition coefficient (Wildman–Crippen LogP) is 5.41. The molecule has 0 radical (unpaired) electrons. The minimum atomic E-state index is -2.24. The Morgan fingerprint density at radius 3 is 2.67 bits per heavy atom. The molecule has 3 N–H and O–H groups in total. The Morgan fingerprint density at radius 1 is 1.36 bits per heavy atom. The molecule has 198 valence electrons. The fourth-order valence-electron chi connectivity index (χ4n) is 3.63. The number of carbonyl (C=O) groups excluding carboxylic acids is 1. The Balaban J connectivity index is 1.77. The van der Waals surface area contributed by atoms with Gasteiger partial charge in [-0.15, -0.1) is 0 Å². The van der Waals surface area contributed by atoms with Gasteiger partial charge < -0.3 is 25.1 Å². The molecule has 2 aromatic rings. The second-order valence-electron chi connectivity index (χ2n) is 11.0. The zero-order valence-corrected chi connectivity index (χ0v) is 23.8. The van der Waals surface area contributed by atoms with E-state index in [4.69, 9.17) is 16.0 Å². The van der Waals surface area contributed by atoms with Crippen LogP contribution in [0, 0.1) is 5.82 Å². The molecule has 36 heavy (non-hydrogen) atoms. The monoisotopic (exact) mass is 537 g/mol. The molecule has 2 heterocycles. The molecule has 1 aromatic carbocycles. The summed E-state index contributed by atoms with van der Waals surface area (Å²) in [5, 5.41) is 16.6. The van der Waals surface area contributed by atoms with Gasteiger partial charge in [0, 0.05) is 24.3 Å². The number of urea groups is 1. The quantitative estimate of drug-likeness (QED) is 0.408. The lowest BCUT2D eigenvalue weighted by molar-refractivity contribution is 0.0999. The average Bonchev–Trinajstić information content (AvgIpc) is 2.76. The third-order valence-electron chi connectivity index (χ3n) is 6.70. The van der Waals surface area contributed by atoms with E-state index in [-0.39, 0.29) is 41.8 Å². The maximum absolute atomic E-state index is 13.8. The Hall–Kier alpha value is -2.27. The van der Waals surface area contributed by atoms with E-state index in [0.717, 1.165) is 0 Å². The molecule has 1 aliphatic heterocycles. The van der Waals surface area contributed by atoms with Crippen molar-refractivity contribution in [1.29, 1.82) is 0 Å². The van der Waals surface area contributed by atoms with Gasteiger partial charge in [0.2, 0.25) is 5.95 Å². The minimum absolute atomic E-state index is 0.00362. The van der Waals surface area contributed by atoms with Gasteiger partial charge in [0.1, 0.15) is 5.82 Å². The van der Waals surface area contributed by atoms with Gasteiger partial charge in [-0.05, 0) is 49.7 Å². The van der Waals surface area contributed by atoms with Crippen molar-refractivity contribution in [3.63, 3.8) is 0 Å². The van der Waals surface area contributed by atoms with Crippen LogP contribution in [0.3, 0.4) is 0 Å². The number of aliphatic hydroxyl groups is 1. The summed E-state index contributed by atoms with van der Waals surface area (Å²) in [6, 6.07) is 4.28. The molecule has 11 heteroatoms. The van der Waals surface area contributed by atoms with E-state index >= 15 is 0 Å². The lowest BCUT2D eigenvalue weighted by atomic mass is 10.0. The lowest BCUT2D eigenvalue weighted by Crippen LogP contribution is -2.47. The average molecular weight is 538 g/mol. The van der Waals surface area contributed by atoms with Crippen molar-refractivity contribution >= 4 is 31.9 Å². The number of rotatable bonds is 7. The molecule has 0 fully saturated rings. The van der Waals surface area contributed by atoms with Gasteiger partial charge in [0.15, 0.2) is 8.32 Å². The van der Waals surface area contributed by atoms with E-state index in [1.54, 1.807) is 18.3 Å². The predicted molar refractivity (Wildman–Crippen MR) is 142 cm³/mol. The maximum Gasteiger partial charge on any atom is 0.317 e. The summed E-state index contributed by atoms with van der Waals surface area (Å²) in [6.45, 7) is 15.1. The topological polar surface area (TPSA) is 99.6 Å². The van der Waals surface area contributed by atoms with Crippen LogP contribution in [0.2, 0.25) is 23.2 Å². The molecule has 1 unspecified atom stereocenters. The molecule has 2 atom stereocenters. The standard InChI is InChI=1S/C25H37ClFN5O3Si/c1-15(2)30-23-28-11-17-20(31-23)13-32(14-21(17)33)24(34)29-12-22(35-36(6,7)25(3,4)5)16-8-9-19(27)18(26)10-16/h8-11,15,21-22,33H,12-14H2,1-7H3,(H,29,34)(H,28,30,31)/t21?,22-/m0/s1. The molecule has 0 saturated heterocycles. The number of benzene rings is 1. The number of nitrogens with one attached hydrogen (secondary N) is 2. The number of nitrogens with zero attached hydrogens (tertiary/aromatic N) is 3. The molecular formula is C25H37ClFN5O3Si. The highest BCUT2D eigenvalue weighted by molar-refractivity contribution is 6.74. The number of β-amino-alcohol motifs (C(OH)–C–C–N with tert-alkyl or cyclic N) is 1. The van der Waals surface area contributed by atoms with E-state index < -0.39 is 26.3 Å². The fraction of sp³-hybridized carbons (Fsp3) is 0.560. The summed E-state index contributed by atoms with van der Waals surface area (Å²) >= 11 is 6.05. The van der Waals surface area contributed by atoms with Crippen LogP contribution >= 0.6 is 11.6 Å². The number of hydrogen-bond donors (Lipinski definition) is 3. The van der Waals surface area contributed by atoms with E-state index in [9.17, 15) is 14.3 Å². The van der Waals surface area contributed by atoms with Crippen molar-refractivity contribution in [2.24, 2.45) is 0 Å². The SMILES string of the molecule is CC(C)Nc1ncc2c(n1)CN(C(=O)NC[C@H](O[Si](C)(C)C(C)(C)C)c1ccc(F)c(Cl)c1)CC2O. The van der Waals surface area contributed by atoms with Crippen molar-refractivity contribution < 1.29 is 18.7 Å². The van der Waals surface area contributed by atoms with Crippen LogP contribution in [0.15, 0.2) is 24.4 Å². The van der Waals surface area contributed by atoms with Crippen LogP contribution in [-0.2, 0) is 11.0 Å². The first-order valence-electron chi connectivity index (χ1n) is 12.1. The summed E-state index contributed by atoms with van der Waals surface area (Å²) < 4.78 is 20.4. The van der Waals surface area contributed by atoms with Gasteiger partial charge in [0.25, 0.3) is 0 Å². The Morgan fingerprint density at radius 2 is 2.06 bits per heavy atom.